The molecule has 1 fully saturated rings. The highest BCUT2D eigenvalue weighted by atomic mass is 35.5. The Morgan fingerprint density at radius 2 is 1.90 bits per heavy atom. The van der Waals surface area contributed by atoms with Gasteiger partial charge in [-0.15, -0.1) is 0 Å². The Morgan fingerprint density at radius 3 is 2.65 bits per heavy atom. The molecule has 2 aromatic rings. The molecule has 7 nitrogen and oxygen atoms in total. The fourth-order valence-corrected chi connectivity index (χ4v) is 4.00. The van der Waals surface area contributed by atoms with E-state index in [2.05, 4.69) is 4.90 Å². The van der Waals surface area contributed by atoms with E-state index in [4.69, 9.17) is 30.5 Å². The summed E-state index contributed by atoms with van der Waals surface area (Å²) in [6, 6.07) is 9.38. The quantitative estimate of drug-likeness (QED) is 0.636. The summed E-state index contributed by atoms with van der Waals surface area (Å²) >= 11 is 6.21. The van der Waals surface area contributed by atoms with Crippen molar-refractivity contribution in [2.45, 2.75) is 6.54 Å². The average molecular weight is 445 g/mol. The summed E-state index contributed by atoms with van der Waals surface area (Å²) in [4.78, 5) is 16.8. The van der Waals surface area contributed by atoms with Crippen LogP contribution in [0.15, 0.2) is 36.4 Å². The summed E-state index contributed by atoms with van der Waals surface area (Å²) < 4.78 is 21.5. The summed E-state index contributed by atoms with van der Waals surface area (Å²) in [5.41, 5.74) is 1.87. The first-order chi connectivity index (χ1) is 15.1. The van der Waals surface area contributed by atoms with Crippen LogP contribution in [-0.4, -0.2) is 62.9 Å². The van der Waals surface area contributed by atoms with Crippen molar-refractivity contribution in [3.63, 3.8) is 0 Å². The van der Waals surface area contributed by atoms with E-state index in [0.29, 0.717) is 29.6 Å². The maximum atomic E-state index is 12.6. The lowest BCUT2D eigenvalue weighted by molar-refractivity contribution is -0.127. The molecule has 0 bridgehead atoms. The average Bonchev–Trinajstić information content (AvgIpc) is 3.27. The zero-order valence-electron chi connectivity index (χ0n) is 17.6. The molecule has 0 radical (unpaired) electrons. The highest BCUT2D eigenvalue weighted by Gasteiger charge is 2.21. The van der Waals surface area contributed by atoms with Crippen molar-refractivity contribution in [1.29, 1.82) is 0 Å². The zero-order chi connectivity index (χ0) is 21.8. The van der Waals surface area contributed by atoms with Crippen LogP contribution in [0.4, 0.5) is 0 Å². The number of carbonyl (C=O) groups excluding carboxylic acids is 1. The molecular formula is C23H25ClN2O5. The number of benzene rings is 2. The standard InChI is InChI=1S/C23H25ClN2O5/c1-28-18-4-5-20(29-2)17(13-18)14-25-7-9-26(10-8-25)22(27)6-3-16-11-19(24)23-21(12-16)30-15-31-23/h3-6,11-13H,7-10,14-15H2,1-2H3. The van der Waals surface area contributed by atoms with Gasteiger partial charge >= 0.3 is 0 Å². The van der Waals surface area contributed by atoms with Crippen molar-refractivity contribution in [2.24, 2.45) is 0 Å². The Bertz CT molecular complexity index is 986. The number of ether oxygens (including phenoxy) is 4. The monoisotopic (exact) mass is 444 g/mol. The van der Waals surface area contributed by atoms with Gasteiger partial charge in [-0.1, -0.05) is 11.6 Å². The third kappa shape index (κ3) is 4.89. The van der Waals surface area contributed by atoms with Gasteiger partial charge in [-0.3, -0.25) is 9.69 Å². The van der Waals surface area contributed by atoms with E-state index < -0.39 is 0 Å². The van der Waals surface area contributed by atoms with Crippen LogP contribution >= 0.6 is 11.6 Å². The lowest BCUT2D eigenvalue weighted by atomic mass is 10.1. The van der Waals surface area contributed by atoms with E-state index in [-0.39, 0.29) is 12.7 Å². The minimum atomic E-state index is -0.0209. The molecule has 0 N–H and O–H groups in total. The van der Waals surface area contributed by atoms with Gasteiger partial charge in [0, 0.05) is 44.4 Å². The maximum absolute atomic E-state index is 12.6. The van der Waals surface area contributed by atoms with E-state index in [1.54, 1.807) is 32.4 Å². The summed E-state index contributed by atoms with van der Waals surface area (Å²) in [7, 11) is 3.32. The Kier molecular flexibility index (Phi) is 6.53. The number of piperazine rings is 1. The summed E-state index contributed by atoms with van der Waals surface area (Å²) in [5, 5.41) is 0.476. The topological polar surface area (TPSA) is 60.5 Å². The number of methoxy groups -OCH3 is 2. The third-order valence-corrected chi connectivity index (χ3v) is 5.71. The zero-order valence-corrected chi connectivity index (χ0v) is 18.4. The molecule has 2 aromatic carbocycles. The normalized spacial score (nSPS) is 16.0. The van der Waals surface area contributed by atoms with Crippen LogP contribution in [-0.2, 0) is 11.3 Å². The van der Waals surface area contributed by atoms with Crippen molar-refractivity contribution in [2.75, 3.05) is 47.2 Å². The second-order valence-corrected chi connectivity index (χ2v) is 7.76. The number of amides is 1. The molecule has 2 aliphatic heterocycles. The Morgan fingerprint density at radius 1 is 1.10 bits per heavy atom. The van der Waals surface area contributed by atoms with Gasteiger partial charge < -0.3 is 23.8 Å². The molecule has 2 aliphatic rings. The van der Waals surface area contributed by atoms with Gasteiger partial charge in [0.25, 0.3) is 0 Å². The van der Waals surface area contributed by atoms with Gasteiger partial charge in [0.15, 0.2) is 11.5 Å². The van der Waals surface area contributed by atoms with Crippen molar-refractivity contribution in [3.8, 4) is 23.0 Å². The molecule has 2 heterocycles. The van der Waals surface area contributed by atoms with Gasteiger partial charge in [-0.2, -0.15) is 0 Å². The molecular weight excluding hydrogens is 420 g/mol. The Hall–Kier alpha value is -2.90. The second kappa shape index (κ2) is 9.49. The van der Waals surface area contributed by atoms with Crippen LogP contribution < -0.4 is 18.9 Å². The van der Waals surface area contributed by atoms with Crippen LogP contribution in [0.3, 0.4) is 0 Å². The van der Waals surface area contributed by atoms with Crippen LogP contribution in [0.2, 0.25) is 5.02 Å². The van der Waals surface area contributed by atoms with Gasteiger partial charge in [-0.25, -0.2) is 0 Å². The molecule has 1 amide bonds. The van der Waals surface area contributed by atoms with Gasteiger partial charge in [0.05, 0.1) is 19.2 Å². The smallest absolute Gasteiger partial charge is 0.246 e. The molecule has 0 saturated carbocycles. The molecule has 164 valence electrons. The highest BCUT2D eigenvalue weighted by Crippen LogP contribution is 2.40. The van der Waals surface area contributed by atoms with E-state index in [0.717, 1.165) is 42.3 Å². The predicted molar refractivity (Wildman–Crippen MR) is 118 cm³/mol. The number of rotatable bonds is 6. The number of halogens is 1. The first kappa shape index (κ1) is 21.3. The third-order valence-electron chi connectivity index (χ3n) is 5.43. The van der Waals surface area contributed by atoms with Crippen molar-refractivity contribution in [3.05, 3.63) is 52.6 Å². The van der Waals surface area contributed by atoms with Crippen LogP contribution in [0, 0.1) is 0 Å². The number of carbonyl (C=O) groups is 1. The Balaban J connectivity index is 1.33. The molecule has 0 aliphatic carbocycles. The molecule has 0 atom stereocenters. The molecule has 0 unspecified atom stereocenters. The molecule has 0 aromatic heterocycles. The lowest BCUT2D eigenvalue weighted by Crippen LogP contribution is -2.47. The number of nitrogens with zero attached hydrogens (tertiary/aromatic N) is 2. The van der Waals surface area contributed by atoms with Gasteiger partial charge in [-0.05, 0) is 42.0 Å². The second-order valence-electron chi connectivity index (χ2n) is 7.35. The number of hydrogen-bond donors (Lipinski definition) is 0. The van der Waals surface area contributed by atoms with Gasteiger partial charge in [0.1, 0.15) is 11.5 Å². The van der Waals surface area contributed by atoms with E-state index in [9.17, 15) is 4.79 Å². The number of fused-ring (bicyclic) bond motifs is 1. The SMILES string of the molecule is COc1ccc(OC)c(CN2CCN(C(=O)C=Cc3cc(Cl)c4c(c3)OCO4)CC2)c1. The lowest BCUT2D eigenvalue weighted by Gasteiger charge is -2.34. The van der Waals surface area contributed by atoms with E-state index in [1.165, 1.54) is 0 Å². The maximum Gasteiger partial charge on any atom is 0.246 e. The van der Waals surface area contributed by atoms with Crippen LogP contribution in [0.25, 0.3) is 6.08 Å². The van der Waals surface area contributed by atoms with Gasteiger partial charge in [0.2, 0.25) is 12.7 Å². The largest absolute Gasteiger partial charge is 0.497 e. The minimum Gasteiger partial charge on any atom is -0.497 e. The predicted octanol–water partition coefficient (Wildman–Crippen LogP) is 3.44. The van der Waals surface area contributed by atoms with Crippen LogP contribution in [0.5, 0.6) is 23.0 Å². The molecule has 0 spiro atoms. The van der Waals surface area contributed by atoms with Crippen molar-refractivity contribution in [1.82, 2.24) is 9.80 Å². The van der Waals surface area contributed by atoms with E-state index >= 15 is 0 Å². The Labute approximate surface area is 186 Å². The first-order valence-corrected chi connectivity index (χ1v) is 10.4. The fraction of sp³-hybridized carbons (Fsp3) is 0.348. The van der Waals surface area contributed by atoms with Crippen molar-refractivity contribution < 1.29 is 23.7 Å². The van der Waals surface area contributed by atoms with Crippen molar-refractivity contribution >= 4 is 23.6 Å². The molecule has 4 rings (SSSR count). The van der Waals surface area contributed by atoms with E-state index in [1.807, 2.05) is 29.2 Å². The minimum absolute atomic E-state index is 0.0209. The fourth-order valence-electron chi connectivity index (χ4n) is 3.73. The summed E-state index contributed by atoms with van der Waals surface area (Å²) in [6.07, 6.45) is 3.33. The molecule has 1 saturated heterocycles. The summed E-state index contributed by atoms with van der Waals surface area (Å²) in [6.45, 7) is 3.81. The number of hydrogen-bond acceptors (Lipinski definition) is 6. The molecule has 8 heteroatoms. The highest BCUT2D eigenvalue weighted by molar-refractivity contribution is 6.32. The summed E-state index contributed by atoms with van der Waals surface area (Å²) in [5.74, 6) is 2.77. The first-order valence-electron chi connectivity index (χ1n) is 10.1. The van der Waals surface area contributed by atoms with Crippen LogP contribution in [0.1, 0.15) is 11.1 Å². The molecule has 31 heavy (non-hydrogen) atoms.